The summed E-state index contributed by atoms with van der Waals surface area (Å²) in [5.74, 6) is -0.731. The highest BCUT2D eigenvalue weighted by Gasteiger charge is 2.11. The average molecular weight is 227 g/mol. The Kier molecular flexibility index (Phi) is 4.78. The Bertz CT molecular complexity index is 296. The molecule has 0 atom stereocenters. The zero-order valence-corrected chi connectivity index (χ0v) is 9.96. The van der Waals surface area contributed by atoms with E-state index in [2.05, 4.69) is 30.2 Å². The lowest BCUT2D eigenvalue weighted by atomic mass is 10.2. The Morgan fingerprint density at radius 1 is 1.60 bits per heavy atom. The summed E-state index contributed by atoms with van der Waals surface area (Å²) in [4.78, 5) is 12.7. The fourth-order valence-electron chi connectivity index (χ4n) is 1.38. The number of aliphatic carboxylic acids is 1. The van der Waals surface area contributed by atoms with Gasteiger partial charge in [-0.3, -0.25) is 9.69 Å². The van der Waals surface area contributed by atoms with Gasteiger partial charge in [-0.1, -0.05) is 0 Å². The van der Waals surface area contributed by atoms with Crippen molar-refractivity contribution in [2.75, 3.05) is 6.54 Å². The fourth-order valence-corrected chi connectivity index (χ4v) is 2.04. The molecule has 84 valence electrons. The van der Waals surface area contributed by atoms with Gasteiger partial charge in [-0.15, -0.1) is 0 Å². The van der Waals surface area contributed by atoms with Crippen molar-refractivity contribution in [2.45, 2.75) is 32.9 Å². The van der Waals surface area contributed by atoms with Crippen LogP contribution >= 0.6 is 11.3 Å². The van der Waals surface area contributed by atoms with Crippen molar-refractivity contribution in [2.24, 2.45) is 0 Å². The van der Waals surface area contributed by atoms with Crippen molar-refractivity contribution in [3.63, 3.8) is 0 Å². The summed E-state index contributed by atoms with van der Waals surface area (Å²) in [6.07, 6.45) is 0.211. The second-order valence-electron chi connectivity index (χ2n) is 3.84. The molecular weight excluding hydrogens is 210 g/mol. The summed E-state index contributed by atoms with van der Waals surface area (Å²) in [5.41, 5.74) is 1.26. The summed E-state index contributed by atoms with van der Waals surface area (Å²) in [6.45, 7) is 5.64. The van der Waals surface area contributed by atoms with Crippen LogP contribution in [0.15, 0.2) is 16.8 Å². The molecule has 0 saturated heterocycles. The molecule has 1 aromatic heterocycles. The van der Waals surface area contributed by atoms with E-state index in [1.54, 1.807) is 11.3 Å². The van der Waals surface area contributed by atoms with Gasteiger partial charge in [0.25, 0.3) is 0 Å². The fraction of sp³-hybridized carbons (Fsp3) is 0.545. The molecule has 0 saturated carbocycles. The molecule has 15 heavy (non-hydrogen) atoms. The number of carboxylic acids is 1. The van der Waals surface area contributed by atoms with Gasteiger partial charge in [0, 0.05) is 19.1 Å². The molecule has 0 fully saturated rings. The van der Waals surface area contributed by atoms with Gasteiger partial charge in [-0.2, -0.15) is 11.3 Å². The maximum Gasteiger partial charge on any atom is 0.304 e. The van der Waals surface area contributed by atoms with Crippen LogP contribution in [0.1, 0.15) is 25.8 Å². The molecule has 0 aliphatic carbocycles. The zero-order chi connectivity index (χ0) is 11.3. The monoisotopic (exact) mass is 227 g/mol. The van der Waals surface area contributed by atoms with Crippen LogP contribution < -0.4 is 0 Å². The predicted octanol–water partition coefficient (Wildman–Crippen LogP) is 2.43. The Balaban J connectivity index is 2.47. The van der Waals surface area contributed by atoms with Crippen molar-refractivity contribution in [3.05, 3.63) is 22.4 Å². The van der Waals surface area contributed by atoms with Crippen LogP contribution in [0.3, 0.4) is 0 Å². The van der Waals surface area contributed by atoms with Gasteiger partial charge >= 0.3 is 5.97 Å². The highest BCUT2D eigenvalue weighted by molar-refractivity contribution is 7.07. The van der Waals surface area contributed by atoms with Gasteiger partial charge in [0.1, 0.15) is 0 Å². The van der Waals surface area contributed by atoms with Crippen LogP contribution in [-0.4, -0.2) is 28.6 Å². The predicted molar refractivity (Wildman–Crippen MR) is 62.1 cm³/mol. The van der Waals surface area contributed by atoms with Gasteiger partial charge in [0.15, 0.2) is 0 Å². The molecule has 0 bridgehead atoms. The SMILES string of the molecule is CC(C)N(CCC(=O)O)Cc1ccsc1. The van der Waals surface area contributed by atoms with E-state index in [0.717, 1.165) is 6.54 Å². The smallest absolute Gasteiger partial charge is 0.304 e. The topological polar surface area (TPSA) is 40.5 Å². The lowest BCUT2D eigenvalue weighted by Gasteiger charge is -2.25. The zero-order valence-electron chi connectivity index (χ0n) is 9.14. The normalized spacial score (nSPS) is 11.2. The first-order chi connectivity index (χ1) is 7.09. The van der Waals surface area contributed by atoms with E-state index in [1.165, 1.54) is 5.56 Å². The van der Waals surface area contributed by atoms with Gasteiger partial charge in [-0.05, 0) is 36.2 Å². The summed E-state index contributed by atoms with van der Waals surface area (Å²) < 4.78 is 0. The summed E-state index contributed by atoms with van der Waals surface area (Å²) in [7, 11) is 0. The van der Waals surface area contributed by atoms with Gasteiger partial charge in [-0.25, -0.2) is 0 Å². The highest BCUT2D eigenvalue weighted by atomic mass is 32.1. The third-order valence-electron chi connectivity index (χ3n) is 2.31. The molecule has 0 aliphatic heterocycles. The standard InChI is InChI=1S/C11H17NO2S/c1-9(2)12(5-3-11(13)14)7-10-4-6-15-8-10/h4,6,8-9H,3,5,7H2,1-2H3,(H,13,14). The molecule has 1 N–H and O–H groups in total. The number of hydrogen-bond donors (Lipinski definition) is 1. The van der Waals surface area contributed by atoms with Crippen LogP contribution in [0.5, 0.6) is 0 Å². The van der Waals surface area contributed by atoms with Crippen LogP contribution in [-0.2, 0) is 11.3 Å². The minimum Gasteiger partial charge on any atom is -0.481 e. The van der Waals surface area contributed by atoms with E-state index < -0.39 is 5.97 Å². The van der Waals surface area contributed by atoms with Crippen molar-refractivity contribution >= 4 is 17.3 Å². The maximum absolute atomic E-state index is 10.5. The first-order valence-corrected chi connectivity index (χ1v) is 6.01. The van der Waals surface area contributed by atoms with Gasteiger partial charge < -0.3 is 5.11 Å². The number of rotatable bonds is 6. The molecule has 0 aliphatic rings. The molecule has 0 amide bonds. The average Bonchev–Trinajstić information content (AvgIpc) is 2.63. The second-order valence-corrected chi connectivity index (χ2v) is 4.62. The molecular formula is C11H17NO2S. The third-order valence-corrected chi connectivity index (χ3v) is 3.04. The highest BCUT2D eigenvalue weighted by Crippen LogP contribution is 2.12. The van der Waals surface area contributed by atoms with E-state index in [9.17, 15) is 4.79 Å². The van der Waals surface area contributed by atoms with Crippen LogP contribution in [0.25, 0.3) is 0 Å². The first kappa shape index (κ1) is 12.2. The largest absolute Gasteiger partial charge is 0.481 e. The maximum atomic E-state index is 10.5. The third kappa shape index (κ3) is 4.44. The molecule has 0 unspecified atom stereocenters. The molecule has 0 radical (unpaired) electrons. The summed E-state index contributed by atoms with van der Waals surface area (Å²) >= 11 is 1.67. The van der Waals surface area contributed by atoms with E-state index >= 15 is 0 Å². The molecule has 1 heterocycles. The number of nitrogens with zero attached hydrogens (tertiary/aromatic N) is 1. The quantitative estimate of drug-likeness (QED) is 0.811. The van der Waals surface area contributed by atoms with Gasteiger partial charge in [0.05, 0.1) is 6.42 Å². The summed E-state index contributed by atoms with van der Waals surface area (Å²) in [6, 6.07) is 2.46. The Hall–Kier alpha value is -0.870. The Morgan fingerprint density at radius 2 is 2.33 bits per heavy atom. The number of carbonyl (C=O) groups is 1. The number of hydrogen-bond acceptors (Lipinski definition) is 3. The molecule has 0 spiro atoms. The van der Waals surface area contributed by atoms with Crippen molar-refractivity contribution in [1.29, 1.82) is 0 Å². The van der Waals surface area contributed by atoms with Crippen molar-refractivity contribution in [3.8, 4) is 0 Å². The minimum absolute atomic E-state index is 0.211. The molecule has 4 heteroatoms. The van der Waals surface area contributed by atoms with E-state index in [-0.39, 0.29) is 6.42 Å². The molecule has 3 nitrogen and oxygen atoms in total. The molecule has 1 rings (SSSR count). The Labute approximate surface area is 94.3 Å². The second kappa shape index (κ2) is 5.88. The first-order valence-electron chi connectivity index (χ1n) is 5.06. The molecule has 1 aromatic rings. The van der Waals surface area contributed by atoms with E-state index in [1.807, 2.05) is 5.38 Å². The number of carboxylic acid groups (broad SMARTS) is 1. The van der Waals surface area contributed by atoms with Crippen molar-refractivity contribution in [1.82, 2.24) is 4.90 Å². The van der Waals surface area contributed by atoms with E-state index in [4.69, 9.17) is 5.11 Å². The van der Waals surface area contributed by atoms with Crippen LogP contribution in [0.2, 0.25) is 0 Å². The van der Waals surface area contributed by atoms with Gasteiger partial charge in [0.2, 0.25) is 0 Å². The minimum atomic E-state index is -0.731. The van der Waals surface area contributed by atoms with Crippen LogP contribution in [0, 0.1) is 0 Å². The Morgan fingerprint density at radius 3 is 2.80 bits per heavy atom. The van der Waals surface area contributed by atoms with Crippen LogP contribution in [0.4, 0.5) is 0 Å². The lowest BCUT2D eigenvalue weighted by molar-refractivity contribution is -0.137. The summed E-state index contributed by atoms with van der Waals surface area (Å²) in [5, 5.41) is 12.8. The lowest BCUT2D eigenvalue weighted by Crippen LogP contribution is -2.32. The molecule has 0 aromatic carbocycles. The van der Waals surface area contributed by atoms with E-state index in [0.29, 0.717) is 12.6 Å². The van der Waals surface area contributed by atoms with Crippen molar-refractivity contribution < 1.29 is 9.90 Å². The number of thiophene rings is 1.